The second-order valence-corrected chi connectivity index (χ2v) is 8.39. The lowest BCUT2D eigenvalue weighted by molar-refractivity contribution is -0.172. The molecule has 1 amide bonds. The molecular weight excluding hydrogens is 378 g/mol. The van der Waals surface area contributed by atoms with Crippen LogP contribution < -0.4 is 10.2 Å². The van der Waals surface area contributed by atoms with Crippen LogP contribution in [0.1, 0.15) is 39.6 Å². The Hall–Kier alpha value is -2.49. The van der Waals surface area contributed by atoms with Gasteiger partial charge < -0.3 is 20.4 Å². The van der Waals surface area contributed by atoms with Gasteiger partial charge in [-0.2, -0.15) is 0 Å². The van der Waals surface area contributed by atoms with E-state index >= 15 is 0 Å². The van der Waals surface area contributed by atoms with Crippen LogP contribution in [0, 0.1) is 13.8 Å². The van der Waals surface area contributed by atoms with Crippen molar-refractivity contribution < 1.29 is 15.0 Å². The molecule has 9 heteroatoms. The van der Waals surface area contributed by atoms with Crippen LogP contribution in [0.3, 0.4) is 0 Å². The molecule has 8 nitrogen and oxygen atoms in total. The quantitative estimate of drug-likeness (QED) is 0.574. The van der Waals surface area contributed by atoms with Crippen molar-refractivity contribution in [3.05, 3.63) is 46.4 Å². The maximum absolute atomic E-state index is 12.7. The van der Waals surface area contributed by atoms with Crippen LogP contribution >= 0.6 is 11.3 Å². The van der Waals surface area contributed by atoms with Crippen LogP contribution in [0.5, 0.6) is 0 Å². The number of piperidine rings is 1. The summed E-state index contributed by atoms with van der Waals surface area (Å²) >= 11 is 1.55. The van der Waals surface area contributed by atoms with Crippen molar-refractivity contribution in [2.24, 2.45) is 0 Å². The highest BCUT2D eigenvalue weighted by molar-refractivity contribution is 7.17. The molecule has 4 heterocycles. The molecule has 0 aromatic carbocycles. The third-order valence-corrected chi connectivity index (χ3v) is 5.84. The highest BCUT2D eigenvalue weighted by Crippen LogP contribution is 2.23. The normalized spacial score (nSPS) is 16.5. The molecule has 1 fully saturated rings. The number of thiazole rings is 1. The number of carbonyl (C=O) groups excluding carboxylic acids is 1. The van der Waals surface area contributed by atoms with Crippen molar-refractivity contribution in [1.82, 2.24) is 19.7 Å². The standard InChI is InChI=1S/C19H23N5O3S/c1-12-11-24-16(13(2)21-18(24)28-12)17(25)20-10-14-4-3-5-15(22-14)23-8-6-19(26,27)7-9-23/h3-5,11,26-27H,6-10H2,1-2H3,(H,20,25). The van der Waals surface area contributed by atoms with Crippen LogP contribution in [-0.4, -0.2) is 49.4 Å². The van der Waals surface area contributed by atoms with E-state index in [2.05, 4.69) is 15.3 Å². The average molecular weight is 401 g/mol. The second kappa shape index (κ2) is 7.16. The van der Waals surface area contributed by atoms with Crippen molar-refractivity contribution >= 4 is 28.0 Å². The number of carbonyl (C=O) groups is 1. The Morgan fingerprint density at radius 3 is 2.75 bits per heavy atom. The first kappa shape index (κ1) is 18.9. The third-order valence-electron chi connectivity index (χ3n) is 4.94. The lowest BCUT2D eigenvalue weighted by Crippen LogP contribution is -2.44. The molecule has 3 N–H and O–H groups in total. The van der Waals surface area contributed by atoms with Gasteiger partial charge in [-0.15, -0.1) is 11.3 Å². The predicted octanol–water partition coefficient (Wildman–Crippen LogP) is 1.62. The van der Waals surface area contributed by atoms with Crippen LogP contribution in [-0.2, 0) is 6.54 Å². The highest BCUT2D eigenvalue weighted by Gasteiger charge is 2.30. The fourth-order valence-electron chi connectivity index (χ4n) is 3.43. The van der Waals surface area contributed by atoms with Gasteiger partial charge in [-0.05, 0) is 26.0 Å². The van der Waals surface area contributed by atoms with Gasteiger partial charge in [0, 0.05) is 37.0 Å². The van der Waals surface area contributed by atoms with Crippen LogP contribution in [0.25, 0.3) is 4.96 Å². The van der Waals surface area contributed by atoms with Gasteiger partial charge in [-0.3, -0.25) is 9.20 Å². The number of aliphatic hydroxyl groups is 2. The summed E-state index contributed by atoms with van der Waals surface area (Å²) in [5.74, 6) is -0.992. The van der Waals surface area contributed by atoms with Crippen molar-refractivity contribution in [2.75, 3.05) is 18.0 Å². The molecule has 0 saturated carbocycles. The minimum atomic E-state index is -1.59. The number of rotatable bonds is 4. The van der Waals surface area contributed by atoms with E-state index < -0.39 is 5.79 Å². The molecule has 3 aromatic heterocycles. The van der Waals surface area contributed by atoms with E-state index in [1.165, 1.54) is 0 Å². The third kappa shape index (κ3) is 3.73. The van der Waals surface area contributed by atoms with Crippen LogP contribution in [0.2, 0.25) is 0 Å². The zero-order valence-electron chi connectivity index (χ0n) is 15.8. The lowest BCUT2D eigenvalue weighted by Gasteiger charge is -2.35. The summed E-state index contributed by atoms with van der Waals surface area (Å²) in [5.41, 5.74) is 2.00. The molecule has 0 bridgehead atoms. The van der Waals surface area contributed by atoms with Gasteiger partial charge in [0.15, 0.2) is 10.7 Å². The molecule has 28 heavy (non-hydrogen) atoms. The first-order chi connectivity index (χ1) is 13.3. The van der Waals surface area contributed by atoms with Gasteiger partial charge in [-0.1, -0.05) is 6.07 Å². The summed E-state index contributed by atoms with van der Waals surface area (Å²) in [6.07, 6.45) is 2.49. The number of pyridine rings is 1. The number of amides is 1. The first-order valence-electron chi connectivity index (χ1n) is 9.21. The summed E-state index contributed by atoms with van der Waals surface area (Å²) in [7, 11) is 0. The molecule has 0 aliphatic carbocycles. The number of hydrogen-bond donors (Lipinski definition) is 3. The Labute approximate surface area is 166 Å². The van der Waals surface area contributed by atoms with Gasteiger partial charge in [0.05, 0.1) is 17.9 Å². The number of fused-ring (bicyclic) bond motifs is 1. The number of nitrogens with one attached hydrogen (secondary N) is 1. The number of anilines is 1. The number of imidazole rings is 1. The average Bonchev–Trinajstić information content (AvgIpc) is 3.14. The number of aromatic nitrogens is 3. The molecule has 0 unspecified atom stereocenters. The lowest BCUT2D eigenvalue weighted by atomic mass is 10.0. The van der Waals surface area contributed by atoms with E-state index in [1.54, 1.807) is 11.3 Å². The molecule has 0 atom stereocenters. The van der Waals surface area contributed by atoms with E-state index in [1.807, 2.05) is 47.5 Å². The van der Waals surface area contributed by atoms with Crippen molar-refractivity contribution in [3.8, 4) is 0 Å². The second-order valence-electron chi connectivity index (χ2n) is 7.18. The maximum Gasteiger partial charge on any atom is 0.270 e. The topological polar surface area (TPSA) is 103 Å². The van der Waals surface area contributed by atoms with Crippen molar-refractivity contribution in [2.45, 2.75) is 39.0 Å². The van der Waals surface area contributed by atoms with Gasteiger partial charge in [0.25, 0.3) is 5.91 Å². The van der Waals surface area contributed by atoms with Crippen LogP contribution in [0.15, 0.2) is 24.4 Å². The Kier molecular flexibility index (Phi) is 4.82. The molecule has 148 valence electrons. The van der Waals surface area contributed by atoms with E-state index in [0.717, 1.165) is 21.3 Å². The summed E-state index contributed by atoms with van der Waals surface area (Å²) < 4.78 is 1.83. The van der Waals surface area contributed by atoms with E-state index in [-0.39, 0.29) is 18.7 Å². The molecule has 1 saturated heterocycles. The zero-order valence-corrected chi connectivity index (χ0v) is 16.7. The summed E-state index contributed by atoms with van der Waals surface area (Å²) in [6, 6.07) is 5.66. The smallest absolute Gasteiger partial charge is 0.270 e. The Morgan fingerprint density at radius 1 is 1.25 bits per heavy atom. The molecule has 4 rings (SSSR count). The number of nitrogens with zero attached hydrogens (tertiary/aromatic N) is 4. The Balaban J connectivity index is 1.45. The number of hydrogen-bond acceptors (Lipinski definition) is 7. The van der Waals surface area contributed by atoms with Gasteiger partial charge in [0.2, 0.25) is 0 Å². The number of aryl methyl sites for hydroxylation is 2. The Morgan fingerprint density at radius 2 is 2.00 bits per heavy atom. The van der Waals surface area contributed by atoms with Gasteiger partial charge in [-0.25, -0.2) is 9.97 Å². The Bertz CT molecular complexity index is 1020. The van der Waals surface area contributed by atoms with Crippen molar-refractivity contribution in [3.63, 3.8) is 0 Å². The molecule has 1 aliphatic rings. The highest BCUT2D eigenvalue weighted by atomic mass is 32.1. The predicted molar refractivity (Wildman–Crippen MR) is 107 cm³/mol. The largest absolute Gasteiger partial charge is 0.365 e. The molecule has 3 aromatic rings. The summed E-state index contributed by atoms with van der Waals surface area (Å²) in [4.78, 5) is 25.7. The minimum Gasteiger partial charge on any atom is -0.365 e. The maximum atomic E-state index is 12.7. The zero-order chi connectivity index (χ0) is 19.9. The molecule has 0 spiro atoms. The SMILES string of the molecule is Cc1cn2c(C(=O)NCc3cccc(N4CCC(O)(O)CC4)n3)c(C)nc2s1. The monoisotopic (exact) mass is 401 g/mol. The van der Waals surface area contributed by atoms with E-state index in [9.17, 15) is 15.0 Å². The summed E-state index contributed by atoms with van der Waals surface area (Å²) in [5, 5.41) is 22.3. The minimum absolute atomic E-state index is 0.182. The fourth-order valence-corrected chi connectivity index (χ4v) is 4.30. The van der Waals surface area contributed by atoms with Crippen LogP contribution in [0.4, 0.5) is 5.82 Å². The van der Waals surface area contributed by atoms with Crippen molar-refractivity contribution in [1.29, 1.82) is 0 Å². The molecule has 0 radical (unpaired) electrons. The summed E-state index contributed by atoms with van der Waals surface area (Å²) in [6.45, 7) is 5.19. The van der Waals surface area contributed by atoms with Gasteiger partial charge in [0.1, 0.15) is 11.5 Å². The van der Waals surface area contributed by atoms with Gasteiger partial charge >= 0.3 is 0 Å². The molecule has 1 aliphatic heterocycles. The molecular formula is C19H23N5O3S. The fraction of sp³-hybridized carbons (Fsp3) is 0.421. The van der Waals surface area contributed by atoms with E-state index in [0.29, 0.717) is 31.0 Å². The van der Waals surface area contributed by atoms with E-state index in [4.69, 9.17) is 0 Å². The first-order valence-corrected chi connectivity index (χ1v) is 10.0.